The summed E-state index contributed by atoms with van der Waals surface area (Å²) in [5, 5.41) is 0. The van der Waals surface area contributed by atoms with Crippen LogP contribution in [0.25, 0.3) is 11.1 Å². The van der Waals surface area contributed by atoms with Gasteiger partial charge in [0, 0.05) is 29.7 Å². The second kappa shape index (κ2) is 6.84. The van der Waals surface area contributed by atoms with Gasteiger partial charge in [0.1, 0.15) is 18.8 Å². The molecule has 1 aliphatic rings. The summed E-state index contributed by atoms with van der Waals surface area (Å²) in [5.41, 5.74) is 11.1. The Balaban J connectivity index is 1.71. The zero-order chi connectivity index (χ0) is 17.1. The van der Waals surface area contributed by atoms with Gasteiger partial charge in [0.25, 0.3) is 0 Å². The molecule has 6 heteroatoms. The number of nitrogen functional groups attached to an aromatic ring is 1. The van der Waals surface area contributed by atoms with Gasteiger partial charge in [-0.3, -0.25) is 4.98 Å². The van der Waals surface area contributed by atoms with Crippen LogP contribution in [0.3, 0.4) is 0 Å². The highest BCUT2D eigenvalue weighted by Crippen LogP contribution is 2.35. The van der Waals surface area contributed by atoms with Crippen LogP contribution in [0.4, 0.5) is 5.82 Å². The number of nitrogens with zero attached hydrogens (tertiary/aromatic N) is 4. The van der Waals surface area contributed by atoms with Crippen molar-refractivity contribution in [2.45, 2.75) is 32.3 Å². The van der Waals surface area contributed by atoms with Crippen molar-refractivity contribution in [2.75, 3.05) is 5.73 Å². The first-order chi connectivity index (χ1) is 12.3. The molecule has 3 aromatic heterocycles. The fourth-order valence-corrected chi connectivity index (χ4v) is 3.17. The van der Waals surface area contributed by atoms with Crippen molar-refractivity contribution in [3.63, 3.8) is 0 Å². The van der Waals surface area contributed by atoms with Crippen molar-refractivity contribution in [1.82, 2.24) is 19.9 Å². The molecule has 0 atom stereocenters. The van der Waals surface area contributed by atoms with E-state index in [1.807, 2.05) is 24.3 Å². The van der Waals surface area contributed by atoms with E-state index in [1.165, 1.54) is 11.9 Å². The van der Waals surface area contributed by atoms with E-state index >= 15 is 0 Å². The number of pyridine rings is 2. The molecular formula is C19H19N5O. The molecule has 0 bridgehead atoms. The van der Waals surface area contributed by atoms with Gasteiger partial charge in [0.15, 0.2) is 0 Å². The van der Waals surface area contributed by atoms with Crippen LogP contribution in [0, 0.1) is 0 Å². The largest absolute Gasteiger partial charge is 0.471 e. The lowest BCUT2D eigenvalue weighted by molar-refractivity contribution is 0.288. The summed E-state index contributed by atoms with van der Waals surface area (Å²) in [6, 6.07) is 7.71. The summed E-state index contributed by atoms with van der Waals surface area (Å²) in [4.78, 5) is 17.3. The third-order valence-corrected chi connectivity index (χ3v) is 4.40. The summed E-state index contributed by atoms with van der Waals surface area (Å²) >= 11 is 0. The first-order valence-corrected chi connectivity index (χ1v) is 8.42. The molecule has 3 heterocycles. The smallest absolute Gasteiger partial charge is 0.214 e. The van der Waals surface area contributed by atoms with Crippen molar-refractivity contribution in [3.8, 4) is 17.0 Å². The lowest BCUT2D eigenvalue weighted by Crippen LogP contribution is -2.10. The van der Waals surface area contributed by atoms with E-state index < -0.39 is 0 Å². The lowest BCUT2D eigenvalue weighted by atomic mass is 9.90. The minimum Gasteiger partial charge on any atom is -0.471 e. The first kappa shape index (κ1) is 15.5. The fraction of sp³-hybridized carbons (Fsp3) is 0.263. The lowest BCUT2D eigenvalue weighted by Gasteiger charge is -2.20. The predicted molar refractivity (Wildman–Crippen MR) is 94.9 cm³/mol. The van der Waals surface area contributed by atoms with Gasteiger partial charge >= 0.3 is 0 Å². The molecule has 25 heavy (non-hydrogen) atoms. The second-order valence-electron chi connectivity index (χ2n) is 6.07. The van der Waals surface area contributed by atoms with E-state index in [-0.39, 0.29) is 0 Å². The van der Waals surface area contributed by atoms with Crippen molar-refractivity contribution in [3.05, 3.63) is 59.9 Å². The molecule has 2 N–H and O–H groups in total. The van der Waals surface area contributed by atoms with E-state index in [0.717, 1.165) is 48.2 Å². The van der Waals surface area contributed by atoms with Crippen LogP contribution >= 0.6 is 0 Å². The number of anilines is 1. The molecule has 4 rings (SSSR count). The minimum absolute atomic E-state index is 0.382. The number of aryl methyl sites for hydroxylation is 1. The highest BCUT2D eigenvalue weighted by molar-refractivity contribution is 5.76. The standard InChI is InChI=1S/C19H19N5O/c20-19-16(10-21-12-23-19)15-9-18(24-17-7-2-1-6-14(15)17)25-11-13-5-3-4-8-22-13/h3-5,8-10,12H,1-2,6-7,11H2,(H2,20,21,23). The maximum atomic E-state index is 6.08. The Morgan fingerprint density at radius 3 is 2.84 bits per heavy atom. The van der Waals surface area contributed by atoms with Gasteiger partial charge in [0.05, 0.1) is 5.69 Å². The molecule has 6 nitrogen and oxygen atoms in total. The highest BCUT2D eigenvalue weighted by Gasteiger charge is 2.19. The Hall–Kier alpha value is -3.02. The second-order valence-corrected chi connectivity index (χ2v) is 6.07. The molecule has 0 saturated heterocycles. The Morgan fingerprint density at radius 2 is 2.00 bits per heavy atom. The van der Waals surface area contributed by atoms with Crippen LogP contribution in [0.2, 0.25) is 0 Å². The quantitative estimate of drug-likeness (QED) is 0.790. The molecule has 0 spiro atoms. The summed E-state index contributed by atoms with van der Waals surface area (Å²) in [6.07, 6.45) is 9.23. The van der Waals surface area contributed by atoms with Gasteiger partial charge in [-0.15, -0.1) is 0 Å². The number of aromatic nitrogens is 4. The fourth-order valence-electron chi connectivity index (χ4n) is 3.17. The third kappa shape index (κ3) is 3.28. The van der Waals surface area contributed by atoms with Crippen molar-refractivity contribution in [1.29, 1.82) is 0 Å². The molecular weight excluding hydrogens is 314 g/mol. The van der Waals surface area contributed by atoms with Crippen LogP contribution in [0.1, 0.15) is 29.8 Å². The monoisotopic (exact) mass is 333 g/mol. The van der Waals surface area contributed by atoms with Crippen LogP contribution in [0.15, 0.2) is 43.0 Å². The molecule has 0 fully saturated rings. The molecule has 126 valence electrons. The molecule has 1 aliphatic carbocycles. The zero-order valence-electron chi connectivity index (χ0n) is 13.9. The van der Waals surface area contributed by atoms with Gasteiger partial charge in [-0.2, -0.15) is 0 Å². The number of fused-ring (bicyclic) bond motifs is 1. The topological polar surface area (TPSA) is 86.8 Å². The van der Waals surface area contributed by atoms with Crippen LogP contribution in [-0.4, -0.2) is 19.9 Å². The van der Waals surface area contributed by atoms with Crippen molar-refractivity contribution in [2.24, 2.45) is 0 Å². The summed E-state index contributed by atoms with van der Waals surface area (Å²) in [6.45, 7) is 0.382. The first-order valence-electron chi connectivity index (χ1n) is 8.42. The van der Waals surface area contributed by atoms with E-state index in [4.69, 9.17) is 15.5 Å². The molecule has 0 aromatic carbocycles. The molecule has 0 radical (unpaired) electrons. The molecule has 0 saturated carbocycles. The van der Waals surface area contributed by atoms with Crippen LogP contribution < -0.4 is 10.5 Å². The summed E-state index contributed by atoms with van der Waals surface area (Å²) in [5.74, 6) is 1.06. The zero-order valence-corrected chi connectivity index (χ0v) is 13.9. The van der Waals surface area contributed by atoms with Gasteiger partial charge in [-0.25, -0.2) is 15.0 Å². The summed E-state index contributed by atoms with van der Waals surface area (Å²) < 4.78 is 5.90. The highest BCUT2D eigenvalue weighted by atomic mass is 16.5. The Bertz CT molecular complexity index is 882. The number of rotatable bonds is 4. The maximum absolute atomic E-state index is 6.08. The van der Waals surface area contributed by atoms with Crippen LogP contribution in [-0.2, 0) is 19.4 Å². The normalized spacial score (nSPS) is 13.3. The molecule has 0 amide bonds. The number of ether oxygens (including phenoxy) is 1. The molecule has 0 aliphatic heterocycles. The SMILES string of the molecule is Nc1ncncc1-c1cc(OCc2ccccn2)nc2c1CCCC2. The van der Waals surface area contributed by atoms with Crippen LogP contribution in [0.5, 0.6) is 5.88 Å². The Morgan fingerprint density at radius 1 is 1.08 bits per heavy atom. The maximum Gasteiger partial charge on any atom is 0.214 e. The number of hydrogen-bond donors (Lipinski definition) is 1. The molecule has 0 unspecified atom stereocenters. The van der Waals surface area contributed by atoms with Gasteiger partial charge < -0.3 is 10.5 Å². The minimum atomic E-state index is 0.382. The number of hydrogen-bond acceptors (Lipinski definition) is 6. The number of nitrogens with two attached hydrogens (primary N) is 1. The van der Waals surface area contributed by atoms with Crippen molar-refractivity contribution < 1.29 is 4.74 Å². The summed E-state index contributed by atoms with van der Waals surface area (Å²) in [7, 11) is 0. The average Bonchev–Trinajstić information content (AvgIpc) is 2.67. The van der Waals surface area contributed by atoms with E-state index in [2.05, 4.69) is 15.0 Å². The van der Waals surface area contributed by atoms with E-state index in [1.54, 1.807) is 12.4 Å². The average molecular weight is 333 g/mol. The Labute approximate surface area is 146 Å². The van der Waals surface area contributed by atoms with Crippen molar-refractivity contribution >= 4 is 5.82 Å². The van der Waals surface area contributed by atoms with E-state index in [0.29, 0.717) is 18.3 Å². The van der Waals surface area contributed by atoms with E-state index in [9.17, 15) is 0 Å². The van der Waals surface area contributed by atoms with Gasteiger partial charge in [-0.05, 0) is 48.9 Å². The third-order valence-electron chi connectivity index (χ3n) is 4.40. The van der Waals surface area contributed by atoms with Gasteiger partial charge in [0.2, 0.25) is 5.88 Å². The molecule has 3 aromatic rings. The Kier molecular flexibility index (Phi) is 4.24. The predicted octanol–water partition coefficient (Wildman–Crippen LogP) is 2.97. The van der Waals surface area contributed by atoms with Gasteiger partial charge in [-0.1, -0.05) is 6.07 Å².